The Labute approximate surface area is 94.6 Å². The fourth-order valence-corrected chi connectivity index (χ4v) is 3.70. The molecule has 3 N–H and O–H groups in total. The summed E-state index contributed by atoms with van der Waals surface area (Å²) in [6.45, 7) is 1.99. The highest BCUT2D eigenvalue weighted by atomic mass is 32.1. The van der Waals surface area contributed by atoms with E-state index in [-0.39, 0.29) is 0 Å². The fraction of sp³-hybridized carbons (Fsp3) is 0.100. The summed E-state index contributed by atoms with van der Waals surface area (Å²) in [5, 5.41) is 9.10. The maximum atomic E-state index is 5.71. The maximum absolute atomic E-state index is 5.71. The Hall–Kier alpha value is -1.33. The highest BCUT2D eigenvalue weighted by Gasteiger charge is 2.11. The second-order valence-electron chi connectivity index (χ2n) is 3.37. The highest BCUT2D eigenvalue weighted by Crippen LogP contribution is 2.37. The standard InChI is InChI=1S/C10H9N3S2/c1-5-9(12-13-10(5)11)8-4-7-6(15-8)2-3-14-7/h2-4H,1H3,(H3,11,12,13). The van der Waals surface area contributed by atoms with Crippen molar-refractivity contribution in [3.05, 3.63) is 23.1 Å². The van der Waals surface area contributed by atoms with Gasteiger partial charge in [-0.2, -0.15) is 5.10 Å². The van der Waals surface area contributed by atoms with E-state index in [1.54, 1.807) is 22.7 Å². The van der Waals surface area contributed by atoms with E-state index < -0.39 is 0 Å². The quantitative estimate of drug-likeness (QED) is 0.680. The molecule has 0 fully saturated rings. The molecule has 0 aliphatic rings. The molecule has 3 nitrogen and oxygen atoms in total. The molecule has 0 aliphatic heterocycles. The first kappa shape index (κ1) is 8.94. The number of hydrogen-bond acceptors (Lipinski definition) is 4. The smallest absolute Gasteiger partial charge is 0.148 e. The minimum absolute atomic E-state index is 0.585. The largest absolute Gasteiger partial charge is 0.382 e. The Kier molecular flexibility index (Phi) is 1.83. The number of thiophene rings is 2. The molecular weight excluding hydrogens is 226 g/mol. The van der Waals surface area contributed by atoms with Gasteiger partial charge in [-0.15, -0.1) is 22.7 Å². The van der Waals surface area contributed by atoms with Gasteiger partial charge in [0.25, 0.3) is 0 Å². The van der Waals surface area contributed by atoms with E-state index in [4.69, 9.17) is 5.73 Å². The van der Waals surface area contributed by atoms with Crippen LogP contribution < -0.4 is 5.73 Å². The lowest BCUT2D eigenvalue weighted by atomic mass is 10.2. The van der Waals surface area contributed by atoms with Crippen LogP contribution in [0, 0.1) is 6.92 Å². The third-order valence-electron chi connectivity index (χ3n) is 2.43. The molecular formula is C10H9N3S2. The van der Waals surface area contributed by atoms with E-state index in [0.29, 0.717) is 5.82 Å². The number of fused-ring (bicyclic) bond motifs is 1. The minimum atomic E-state index is 0.585. The van der Waals surface area contributed by atoms with E-state index in [9.17, 15) is 0 Å². The Bertz CT molecular complexity index is 589. The van der Waals surface area contributed by atoms with Gasteiger partial charge in [-0.05, 0) is 24.4 Å². The molecule has 3 heterocycles. The molecule has 0 atom stereocenters. The zero-order valence-electron chi connectivity index (χ0n) is 8.07. The van der Waals surface area contributed by atoms with Gasteiger partial charge in [0, 0.05) is 15.0 Å². The summed E-state index contributed by atoms with van der Waals surface area (Å²) in [5.41, 5.74) is 7.79. The fourth-order valence-electron chi connectivity index (χ4n) is 1.54. The molecule has 76 valence electrons. The summed E-state index contributed by atoms with van der Waals surface area (Å²) in [5.74, 6) is 0.585. The van der Waals surface area contributed by atoms with Gasteiger partial charge in [0.1, 0.15) is 5.82 Å². The number of aromatic nitrogens is 2. The summed E-state index contributed by atoms with van der Waals surface area (Å²) in [7, 11) is 0. The Morgan fingerprint density at radius 3 is 2.93 bits per heavy atom. The Morgan fingerprint density at radius 1 is 1.40 bits per heavy atom. The molecule has 0 bridgehead atoms. The number of anilines is 1. The normalized spacial score (nSPS) is 11.3. The maximum Gasteiger partial charge on any atom is 0.148 e. The van der Waals surface area contributed by atoms with E-state index >= 15 is 0 Å². The van der Waals surface area contributed by atoms with E-state index in [0.717, 1.165) is 11.3 Å². The topological polar surface area (TPSA) is 54.7 Å². The molecule has 0 unspecified atom stereocenters. The lowest BCUT2D eigenvalue weighted by Crippen LogP contribution is -1.85. The van der Waals surface area contributed by atoms with Crippen molar-refractivity contribution >= 4 is 37.9 Å². The average molecular weight is 235 g/mol. The van der Waals surface area contributed by atoms with Crippen LogP contribution in [0.25, 0.3) is 20.0 Å². The van der Waals surface area contributed by atoms with Crippen molar-refractivity contribution in [2.24, 2.45) is 0 Å². The number of nitrogens with one attached hydrogen (secondary N) is 1. The second-order valence-corrected chi connectivity index (χ2v) is 5.40. The molecule has 0 saturated heterocycles. The van der Waals surface area contributed by atoms with Crippen LogP contribution in [0.3, 0.4) is 0 Å². The van der Waals surface area contributed by atoms with Crippen LogP contribution in [0.2, 0.25) is 0 Å². The van der Waals surface area contributed by atoms with Crippen molar-refractivity contribution in [2.75, 3.05) is 5.73 Å². The molecule has 3 rings (SSSR count). The van der Waals surface area contributed by atoms with E-state index in [2.05, 4.69) is 27.7 Å². The summed E-state index contributed by atoms with van der Waals surface area (Å²) in [4.78, 5) is 1.21. The first-order valence-electron chi connectivity index (χ1n) is 4.53. The van der Waals surface area contributed by atoms with Gasteiger partial charge in [0.2, 0.25) is 0 Å². The van der Waals surface area contributed by atoms with Crippen LogP contribution in [0.4, 0.5) is 5.82 Å². The van der Waals surface area contributed by atoms with Crippen LogP contribution in [0.15, 0.2) is 17.5 Å². The summed E-state index contributed by atoms with van der Waals surface area (Å²) < 4.78 is 2.64. The highest BCUT2D eigenvalue weighted by molar-refractivity contribution is 7.28. The third kappa shape index (κ3) is 1.27. The van der Waals surface area contributed by atoms with Crippen LogP contribution >= 0.6 is 22.7 Å². The SMILES string of the molecule is Cc1c(N)n[nH]c1-c1cc2sccc2s1. The lowest BCUT2D eigenvalue weighted by Gasteiger charge is -1.92. The monoisotopic (exact) mass is 235 g/mol. The molecule has 0 radical (unpaired) electrons. The van der Waals surface area contributed by atoms with Gasteiger partial charge >= 0.3 is 0 Å². The predicted molar refractivity (Wildman–Crippen MR) is 66.4 cm³/mol. The van der Waals surface area contributed by atoms with Gasteiger partial charge < -0.3 is 5.73 Å². The van der Waals surface area contributed by atoms with Gasteiger partial charge in [0.15, 0.2) is 0 Å². The Morgan fingerprint density at radius 2 is 2.27 bits per heavy atom. The van der Waals surface area contributed by atoms with Gasteiger partial charge in [0.05, 0.1) is 10.6 Å². The number of rotatable bonds is 1. The molecule has 0 spiro atoms. The summed E-state index contributed by atoms with van der Waals surface area (Å²) in [6.07, 6.45) is 0. The van der Waals surface area contributed by atoms with Crippen molar-refractivity contribution in [3.8, 4) is 10.6 Å². The Balaban J connectivity index is 2.21. The van der Waals surface area contributed by atoms with Gasteiger partial charge in [-0.1, -0.05) is 0 Å². The number of nitrogens with two attached hydrogens (primary N) is 1. The number of nitrogens with zero attached hydrogens (tertiary/aromatic N) is 1. The van der Waals surface area contributed by atoms with Crippen LogP contribution in [-0.4, -0.2) is 10.2 Å². The molecule has 3 aromatic rings. The number of H-pyrrole nitrogens is 1. The van der Waals surface area contributed by atoms with Crippen LogP contribution in [0.5, 0.6) is 0 Å². The van der Waals surface area contributed by atoms with E-state index in [1.165, 1.54) is 14.3 Å². The van der Waals surface area contributed by atoms with Crippen molar-refractivity contribution in [1.29, 1.82) is 0 Å². The first-order valence-corrected chi connectivity index (χ1v) is 6.23. The van der Waals surface area contributed by atoms with Crippen LogP contribution in [0.1, 0.15) is 5.56 Å². The molecule has 15 heavy (non-hydrogen) atoms. The van der Waals surface area contributed by atoms with Crippen molar-refractivity contribution in [2.45, 2.75) is 6.92 Å². The molecule has 0 saturated carbocycles. The summed E-state index contributed by atoms with van der Waals surface area (Å²) in [6, 6.07) is 4.33. The number of nitrogen functional groups attached to an aromatic ring is 1. The van der Waals surface area contributed by atoms with Gasteiger partial charge in [-0.25, -0.2) is 0 Å². The number of aromatic amines is 1. The average Bonchev–Trinajstić information content (AvgIpc) is 2.82. The van der Waals surface area contributed by atoms with E-state index in [1.807, 2.05) is 6.92 Å². The van der Waals surface area contributed by atoms with Crippen LogP contribution in [-0.2, 0) is 0 Å². The second kappa shape index (κ2) is 3.08. The lowest BCUT2D eigenvalue weighted by molar-refractivity contribution is 1.11. The zero-order valence-corrected chi connectivity index (χ0v) is 9.71. The predicted octanol–water partition coefficient (Wildman–Crippen LogP) is 3.24. The first-order chi connectivity index (χ1) is 7.25. The number of hydrogen-bond donors (Lipinski definition) is 2. The van der Waals surface area contributed by atoms with Gasteiger partial charge in [-0.3, -0.25) is 5.10 Å². The van der Waals surface area contributed by atoms with Crippen molar-refractivity contribution in [3.63, 3.8) is 0 Å². The zero-order chi connectivity index (χ0) is 10.4. The van der Waals surface area contributed by atoms with Crippen molar-refractivity contribution in [1.82, 2.24) is 10.2 Å². The molecule has 3 aromatic heterocycles. The molecule has 5 heteroatoms. The third-order valence-corrected chi connectivity index (χ3v) is 4.54. The molecule has 0 aliphatic carbocycles. The molecule has 0 amide bonds. The molecule has 0 aromatic carbocycles. The van der Waals surface area contributed by atoms with Crippen molar-refractivity contribution < 1.29 is 0 Å². The minimum Gasteiger partial charge on any atom is -0.382 e. The summed E-state index contributed by atoms with van der Waals surface area (Å²) >= 11 is 3.53.